The summed E-state index contributed by atoms with van der Waals surface area (Å²) in [6.45, 7) is 2.23. The van der Waals surface area contributed by atoms with E-state index in [0.29, 0.717) is 6.61 Å². The standard InChI is InChI=1S/C4H6BN3O2S/c1-2-10-4-3(6-5)7-11(9)8-4/h2H2,1H3,(H,6,7). The number of nitrogens with one attached hydrogen (secondary N) is 1. The van der Waals surface area contributed by atoms with Gasteiger partial charge in [0, 0.05) is 4.37 Å². The molecule has 0 amide bonds. The fourth-order valence-corrected chi connectivity index (χ4v) is 1.22. The Kier molecular flexibility index (Phi) is 2.67. The molecule has 1 rings (SSSR count). The third kappa shape index (κ3) is 1.81. The molecule has 11 heavy (non-hydrogen) atoms. The number of H-pyrrole nitrogens is 1. The van der Waals surface area contributed by atoms with Crippen molar-refractivity contribution in [2.24, 2.45) is 4.90 Å². The van der Waals surface area contributed by atoms with Crippen molar-refractivity contribution < 1.29 is 9.29 Å². The van der Waals surface area contributed by atoms with Crippen LogP contribution in [0, 0.1) is 0 Å². The average molecular weight is 171 g/mol. The lowest BCUT2D eigenvalue weighted by molar-refractivity contribution is 0.325. The molecule has 1 atom stereocenters. The molecule has 5 nitrogen and oxygen atoms in total. The number of rotatable bonds is 2. The summed E-state index contributed by atoms with van der Waals surface area (Å²) in [7, 11) is 4.95. The molecule has 1 N–H and O–H groups in total. The van der Waals surface area contributed by atoms with Crippen LogP contribution in [0.2, 0.25) is 0 Å². The van der Waals surface area contributed by atoms with E-state index in [2.05, 4.69) is 13.7 Å². The summed E-state index contributed by atoms with van der Waals surface area (Å²) in [6, 6.07) is 0. The van der Waals surface area contributed by atoms with Gasteiger partial charge in [-0.2, -0.15) is 0 Å². The predicted octanol–water partition coefficient (Wildman–Crippen LogP) is -0.480. The topological polar surface area (TPSA) is 73.3 Å². The van der Waals surface area contributed by atoms with Gasteiger partial charge < -0.3 is 14.2 Å². The molecule has 1 aromatic rings. The van der Waals surface area contributed by atoms with E-state index in [4.69, 9.17) is 12.7 Å². The summed E-state index contributed by atoms with van der Waals surface area (Å²) in [5, 5.41) is 0. The first kappa shape index (κ1) is 8.28. The lowest BCUT2D eigenvalue weighted by atomic mass is 10.5. The lowest BCUT2D eigenvalue weighted by Gasteiger charge is -1.90. The summed E-state index contributed by atoms with van der Waals surface area (Å²) in [5.74, 6) is 0.202. The van der Waals surface area contributed by atoms with Gasteiger partial charge in [0.05, 0.1) is 6.61 Å². The molecule has 1 unspecified atom stereocenters. The van der Waals surface area contributed by atoms with Gasteiger partial charge in [-0.3, -0.25) is 0 Å². The van der Waals surface area contributed by atoms with Crippen molar-refractivity contribution in [3.8, 4) is 5.88 Å². The van der Waals surface area contributed by atoms with Crippen LogP contribution in [0.3, 0.4) is 0 Å². The smallest absolute Gasteiger partial charge is 0.315 e. The highest BCUT2D eigenvalue weighted by Crippen LogP contribution is 2.04. The summed E-state index contributed by atoms with van der Waals surface area (Å²) in [6.07, 6.45) is 0. The van der Waals surface area contributed by atoms with Crippen LogP contribution in [-0.2, 0) is 0 Å². The van der Waals surface area contributed by atoms with E-state index in [1.165, 1.54) is 0 Å². The van der Waals surface area contributed by atoms with Crippen LogP contribution in [-0.4, -0.2) is 27.9 Å². The van der Waals surface area contributed by atoms with Gasteiger partial charge in [0.15, 0.2) is 11.1 Å². The van der Waals surface area contributed by atoms with Gasteiger partial charge in [-0.05, 0) is 6.92 Å². The molecule has 0 aromatic carbocycles. The molecule has 0 fully saturated rings. The fourth-order valence-electron chi connectivity index (χ4n) is 0.581. The zero-order chi connectivity index (χ0) is 8.27. The Bertz CT molecular complexity index is 294. The van der Waals surface area contributed by atoms with Crippen LogP contribution in [0.15, 0.2) is 4.90 Å². The van der Waals surface area contributed by atoms with E-state index >= 15 is 0 Å². The Hall–Kier alpha value is -0.815. The third-order valence-electron chi connectivity index (χ3n) is 0.963. The minimum absolute atomic E-state index is 0.202. The summed E-state index contributed by atoms with van der Waals surface area (Å²) in [5.41, 5.74) is 0.227. The molecule has 0 aliphatic carbocycles. The van der Waals surface area contributed by atoms with Crippen LogP contribution in [0.1, 0.15) is 6.92 Å². The summed E-state index contributed by atoms with van der Waals surface area (Å²) >= 11 is -1.48. The number of nitrogens with zero attached hydrogens (tertiary/aromatic N) is 2. The first-order valence-corrected chi connectivity index (χ1v) is 4.07. The van der Waals surface area contributed by atoms with E-state index in [9.17, 15) is 4.55 Å². The molecule has 0 saturated carbocycles. The maximum Gasteiger partial charge on any atom is 0.315 e. The molecule has 0 aliphatic rings. The predicted molar refractivity (Wildman–Crippen MR) is 39.7 cm³/mol. The molecule has 0 spiro atoms. The normalized spacial score (nSPS) is 13.6. The average Bonchev–Trinajstić information content (AvgIpc) is 2.32. The van der Waals surface area contributed by atoms with Crippen molar-refractivity contribution in [2.75, 3.05) is 6.61 Å². The van der Waals surface area contributed by atoms with Gasteiger partial charge in [-0.15, -0.1) is 4.37 Å². The molecular weight excluding hydrogens is 165 g/mol. The second-order valence-electron chi connectivity index (χ2n) is 1.66. The molecule has 0 aliphatic heterocycles. The number of hydrogen-bond acceptors (Lipinski definition) is 4. The fraction of sp³-hybridized carbons (Fsp3) is 0.500. The second-order valence-corrected chi connectivity index (χ2v) is 2.54. The molecule has 0 saturated heterocycles. The van der Waals surface area contributed by atoms with Crippen LogP contribution < -0.4 is 10.2 Å². The molecule has 58 valence electrons. The minimum Gasteiger partial charge on any atom is -0.548 e. The van der Waals surface area contributed by atoms with Gasteiger partial charge in [0.2, 0.25) is 5.49 Å². The largest absolute Gasteiger partial charge is 0.548 e. The zero-order valence-corrected chi connectivity index (χ0v) is 6.72. The maximum absolute atomic E-state index is 10.7. The van der Waals surface area contributed by atoms with Crippen molar-refractivity contribution in [1.82, 2.24) is 8.75 Å². The Morgan fingerprint density at radius 2 is 2.64 bits per heavy atom. The Morgan fingerprint density at radius 1 is 1.91 bits per heavy atom. The van der Waals surface area contributed by atoms with Crippen LogP contribution in [0.5, 0.6) is 5.88 Å². The van der Waals surface area contributed by atoms with Crippen molar-refractivity contribution in [2.45, 2.75) is 6.92 Å². The highest BCUT2D eigenvalue weighted by Gasteiger charge is 2.06. The Balaban J connectivity index is 3.03. The Labute approximate surface area is 67.7 Å². The van der Waals surface area contributed by atoms with Gasteiger partial charge in [-0.25, -0.2) is 0 Å². The van der Waals surface area contributed by atoms with Gasteiger partial charge in [-0.1, -0.05) is 0 Å². The number of hydrogen-bond donors (Lipinski definition) is 1. The van der Waals surface area contributed by atoms with Crippen molar-refractivity contribution in [3.05, 3.63) is 5.49 Å². The minimum atomic E-state index is -1.48. The number of aromatic amines is 1. The molecule has 2 radical (unpaired) electrons. The molecule has 7 heteroatoms. The first-order valence-electron chi connectivity index (χ1n) is 2.96. The molecule has 1 aromatic heterocycles. The number of ether oxygens (including phenoxy) is 1. The first-order chi connectivity index (χ1) is 5.27. The molecular formula is C4H6BN3O2S. The lowest BCUT2D eigenvalue weighted by Crippen LogP contribution is -2.07. The van der Waals surface area contributed by atoms with E-state index in [1.54, 1.807) is 6.92 Å². The summed E-state index contributed by atoms with van der Waals surface area (Å²) in [4.78, 5) is 3.29. The van der Waals surface area contributed by atoms with E-state index in [1.807, 2.05) is 0 Å². The quantitative estimate of drug-likeness (QED) is 0.482. The van der Waals surface area contributed by atoms with Crippen molar-refractivity contribution in [1.29, 1.82) is 0 Å². The van der Waals surface area contributed by atoms with Crippen molar-refractivity contribution in [3.63, 3.8) is 0 Å². The van der Waals surface area contributed by atoms with E-state index < -0.39 is 11.1 Å². The van der Waals surface area contributed by atoms with Crippen molar-refractivity contribution >= 4 is 19.1 Å². The van der Waals surface area contributed by atoms with Gasteiger partial charge >= 0.3 is 5.88 Å². The highest BCUT2D eigenvalue weighted by molar-refractivity contribution is 7.13. The van der Waals surface area contributed by atoms with Crippen LogP contribution in [0.25, 0.3) is 0 Å². The SMILES string of the molecule is [B]N=c1[nH][s+]([O-])nc1OCC. The van der Waals surface area contributed by atoms with Gasteiger partial charge in [0.1, 0.15) is 0 Å². The molecule has 0 bridgehead atoms. The van der Waals surface area contributed by atoms with Gasteiger partial charge in [0.25, 0.3) is 7.98 Å². The molecule has 1 heterocycles. The second kappa shape index (κ2) is 3.54. The maximum atomic E-state index is 10.7. The van der Waals surface area contributed by atoms with Crippen LogP contribution in [0.4, 0.5) is 0 Å². The highest BCUT2D eigenvalue weighted by atomic mass is 32.2. The number of aromatic nitrogens is 2. The monoisotopic (exact) mass is 171 g/mol. The Morgan fingerprint density at radius 3 is 3.18 bits per heavy atom. The summed E-state index contributed by atoms with van der Waals surface area (Å²) < 4.78 is 21.6. The third-order valence-corrected chi connectivity index (χ3v) is 1.66. The van der Waals surface area contributed by atoms with E-state index in [-0.39, 0.29) is 11.4 Å². The zero-order valence-electron chi connectivity index (χ0n) is 5.90. The van der Waals surface area contributed by atoms with Crippen LogP contribution >= 0.6 is 11.1 Å². The van der Waals surface area contributed by atoms with E-state index in [0.717, 1.165) is 0 Å².